The molecule has 4 aromatic rings. The number of hydrogen-bond acceptors (Lipinski definition) is 0. The van der Waals surface area contributed by atoms with Crippen molar-refractivity contribution in [3.63, 3.8) is 0 Å². The number of aromatic amines is 1. The molecule has 1 N–H and O–H groups in total. The molecule has 0 bridgehead atoms. The molecule has 0 amide bonds. The maximum Gasteiger partial charge on any atom is 0.0465 e. The maximum atomic E-state index is 3.55. The van der Waals surface area contributed by atoms with Crippen LogP contribution < -0.4 is 0 Å². The molecule has 1 aliphatic rings. The van der Waals surface area contributed by atoms with Gasteiger partial charge in [-0.15, -0.1) is 0 Å². The molecule has 0 fully saturated rings. The summed E-state index contributed by atoms with van der Waals surface area (Å²) in [5.74, 6) is 0. The summed E-state index contributed by atoms with van der Waals surface area (Å²) in [4.78, 5) is 3.55. The first-order valence-corrected chi connectivity index (χ1v) is 9.02. The van der Waals surface area contributed by atoms with Gasteiger partial charge in [-0.2, -0.15) is 0 Å². The van der Waals surface area contributed by atoms with E-state index in [1.165, 1.54) is 44.1 Å². The predicted molar refractivity (Wildman–Crippen MR) is 112 cm³/mol. The standard InChI is InChI=1S/C25H19N/c1-2-5-9-18(8-4-1)20-12-14-24-22(16-20)23-17-21(13-15-25(23)26-24)19-10-6-3-7-11-19/h1-8,10-17,26H,9H2. The molecule has 0 unspecified atom stereocenters. The smallest absolute Gasteiger partial charge is 0.0465 e. The van der Waals surface area contributed by atoms with Crippen LogP contribution in [0.2, 0.25) is 0 Å². The molecule has 0 atom stereocenters. The Bertz CT molecular complexity index is 1190. The van der Waals surface area contributed by atoms with Crippen molar-refractivity contribution >= 4 is 27.4 Å². The van der Waals surface area contributed by atoms with Crippen molar-refractivity contribution in [3.05, 3.63) is 103 Å². The van der Waals surface area contributed by atoms with E-state index >= 15 is 0 Å². The summed E-state index contributed by atoms with van der Waals surface area (Å²) in [6.07, 6.45) is 11.7. The molecule has 1 aromatic heterocycles. The Hall–Kier alpha value is -3.32. The molecule has 0 radical (unpaired) electrons. The molecule has 0 saturated carbocycles. The average Bonchev–Trinajstić information content (AvgIpc) is 2.86. The van der Waals surface area contributed by atoms with E-state index in [0.717, 1.165) is 6.42 Å². The highest BCUT2D eigenvalue weighted by Crippen LogP contribution is 2.32. The Morgan fingerprint density at radius 2 is 1.35 bits per heavy atom. The molecule has 3 aromatic carbocycles. The van der Waals surface area contributed by atoms with E-state index in [1.807, 2.05) is 0 Å². The van der Waals surface area contributed by atoms with E-state index < -0.39 is 0 Å². The van der Waals surface area contributed by atoms with Gasteiger partial charge in [0.2, 0.25) is 0 Å². The maximum absolute atomic E-state index is 3.55. The van der Waals surface area contributed by atoms with E-state index in [0.29, 0.717) is 0 Å². The number of rotatable bonds is 2. The van der Waals surface area contributed by atoms with Gasteiger partial charge in [-0.1, -0.05) is 72.8 Å². The molecule has 0 spiro atoms. The van der Waals surface area contributed by atoms with Crippen molar-refractivity contribution in [1.82, 2.24) is 4.98 Å². The second-order valence-corrected chi connectivity index (χ2v) is 6.72. The number of benzene rings is 3. The van der Waals surface area contributed by atoms with Crippen LogP contribution in [0.1, 0.15) is 12.0 Å². The molecule has 0 aliphatic heterocycles. The van der Waals surface area contributed by atoms with E-state index in [-0.39, 0.29) is 0 Å². The second-order valence-electron chi connectivity index (χ2n) is 6.72. The van der Waals surface area contributed by atoms with Crippen LogP contribution in [0.3, 0.4) is 0 Å². The van der Waals surface area contributed by atoms with Crippen molar-refractivity contribution in [2.75, 3.05) is 0 Å². The summed E-state index contributed by atoms with van der Waals surface area (Å²) in [5, 5.41) is 2.57. The zero-order valence-electron chi connectivity index (χ0n) is 14.4. The lowest BCUT2D eigenvalue weighted by molar-refractivity contribution is 1.40. The lowest BCUT2D eigenvalue weighted by Crippen LogP contribution is -1.83. The highest BCUT2D eigenvalue weighted by Gasteiger charge is 2.09. The zero-order chi connectivity index (χ0) is 17.3. The summed E-state index contributed by atoms with van der Waals surface area (Å²) in [7, 11) is 0. The van der Waals surface area contributed by atoms with E-state index in [1.54, 1.807) is 0 Å². The third kappa shape index (κ3) is 2.58. The largest absolute Gasteiger partial charge is 0.355 e. The highest BCUT2D eigenvalue weighted by atomic mass is 14.7. The number of aromatic nitrogens is 1. The lowest BCUT2D eigenvalue weighted by atomic mass is 9.99. The van der Waals surface area contributed by atoms with Crippen LogP contribution >= 0.6 is 0 Å². The Kier molecular flexibility index (Phi) is 3.57. The first kappa shape index (κ1) is 15.0. The minimum Gasteiger partial charge on any atom is -0.355 e. The summed E-state index contributed by atoms with van der Waals surface area (Å²) in [5.41, 5.74) is 7.52. The number of H-pyrrole nitrogens is 1. The van der Waals surface area contributed by atoms with Crippen LogP contribution in [0.4, 0.5) is 0 Å². The van der Waals surface area contributed by atoms with Crippen LogP contribution in [0.5, 0.6) is 0 Å². The fourth-order valence-electron chi connectivity index (χ4n) is 3.70. The molecule has 26 heavy (non-hydrogen) atoms. The Labute approximate surface area is 153 Å². The molecule has 1 heteroatoms. The van der Waals surface area contributed by atoms with Crippen molar-refractivity contribution < 1.29 is 0 Å². The van der Waals surface area contributed by atoms with Gasteiger partial charge in [0.05, 0.1) is 0 Å². The molecule has 1 aliphatic carbocycles. The number of fused-ring (bicyclic) bond motifs is 3. The molecule has 124 valence electrons. The second kappa shape index (κ2) is 6.20. The van der Waals surface area contributed by atoms with Crippen LogP contribution in [-0.4, -0.2) is 4.98 Å². The average molecular weight is 333 g/mol. The predicted octanol–water partition coefficient (Wildman–Crippen LogP) is 6.89. The van der Waals surface area contributed by atoms with Crippen LogP contribution in [0.25, 0.3) is 38.5 Å². The highest BCUT2D eigenvalue weighted by molar-refractivity contribution is 6.09. The van der Waals surface area contributed by atoms with Gasteiger partial charge in [-0.25, -0.2) is 0 Å². The Balaban J connectivity index is 1.69. The lowest BCUT2D eigenvalue weighted by Gasteiger charge is -2.05. The fraction of sp³-hybridized carbons (Fsp3) is 0.0400. The van der Waals surface area contributed by atoms with Crippen molar-refractivity contribution in [2.24, 2.45) is 0 Å². The quantitative estimate of drug-likeness (QED) is 0.411. The van der Waals surface area contributed by atoms with E-state index in [2.05, 4.69) is 102 Å². The third-order valence-electron chi connectivity index (χ3n) is 5.07. The van der Waals surface area contributed by atoms with Gasteiger partial charge in [0.15, 0.2) is 0 Å². The number of nitrogens with one attached hydrogen (secondary N) is 1. The van der Waals surface area contributed by atoms with Gasteiger partial charge in [0.1, 0.15) is 0 Å². The molecule has 1 nitrogen and oxygen atoms in total. The summed E-state index contributed by atoms with van der Waals surface area (Å²) in [6, 6.07) is 24.0. The molecular weight excluding hydrogens is 314 g/mol. The summed E-state index contributed by atoms with van der Waals surface area (Å²) >= 11 is 0. The van der Waals surface area contributed by atoms with Crippen LogP contribution in [0.15, 0.2) is 97.1 Å². The van der Waals surface area contributed by atoms with E-state index in [4.69, 9.17) is 0 Å². The zero-order valence-corrected chi connectivity index (χ0v) is 14.4. The first-order valence-electron chi connectivity index (χ1n) is 9.02. The van der Waals surface area contributed by atoms with Crippen molar-refractivity contribution in [2.45, 2.75) is 6.42 Å². The fourth-order valence-corrected chi connectivity index (χ4v) is 3.70. The first-order chi connectivity index (χ1) is 12.9. The monoisotopic (exact) mass is 333 g/mol. The van der Waals surface area contributed by atoms with Crippen LogP contribution in [0, 0.1) is 0 Å². The van der Waals surface area contributed by atoms with E-state index in [9.17, 15) is 0 Å². The Morgan fingerprint density at radius 1 is 0.615 bits per heavy atom. The minimum absolute atomic E-state index is 0.968. The van der Waals surface area contributed by atoms with Crippen molar-refractivity contribution in [1.29, 1.82) is 0 Å². The Morgan fingerprint density at radius 3 is 2.15 bits per heavy atom. The number of hydrogen-bond donors (Lipinski definition) is 1. The molecular formula is C25H19N. The molecule has 5 rings (SSSR count). The van der Waals surface area contributed by atoms with Gasteiger partial charge >= 0.3 is 0 Å². The summed E-state index contributed by atoms with van der Waals surface area (Å²) in [6.45, 7) is 0. The van der Waals surface area contributed by atoms with Crippen LogP contribution in [-0.2, 0) is 0 Å². The van der Waals surface area contributed by atoms with Gasteiger partial charge < -0.3 is 4.98 Å². The molecule has 0 saturated heterocycles. The van der Waals surface area contributed by atoms with Gasteiger partial charge in [-0.05, 0) is 52.9 Å². The van der Waals surface area contributed by atoms with Gasteiger partial charge in [0, 0.05) is 21.8 Å². The van der Waals surface area contributed by atoms with Gasteiger partial charge in [-0.3, -0.25) is 0 Å². The number of allylic oxidation sites excluding steroid dienone is 6. The topological polar surface area (TPSA) is 15.8 Å². The van der Waals surface area contributed by atoms with Crippen molar-refractivity contribution in [3.8, 4) is 11.1 Å². The SMILES string of the molecule is C1=CC=C(c2ccc3[nH]c4ccc(-c5ccccc5)cc4c3c2)CC=C1. The minimum atomic E-state index is 0.968. The summed E-state index contributed by atoms with van der Waals surface area (Å²) < 4.78 is 0. The third-order valence-corrected chi connectivity index (χ3v) is 5.07. The normalized spacial score (nSPS) is 13.9. The van der Waals surface area contributed by atoms with Gasteiger partial charge in [0.25, 0.3) is 0 Å². The molecule has 1 heterocycles.